The van der Waals surface area contributed by atoms with Gasteiger partial charge in [-0.15, -0.1) is 12.4 Å². The second-order valence-corrected chi connectivity index (χ2v) is 5.18. The largest absolute Gasteiger partial charge is 0.384 e. The van der Waals surface area contributed by atoms with Crippen molar-refractivity contribution >= 4 is 35.9 Å². The number of nitrogens with zero attached hydrogens (tertiary/aromatic N) is 1. The number of nitrogen functional groups attached to an aromatic ring is 1. The van der Waals surface area contributed by atoms with Gasteiger partial charge in [-0.2, -0.15) is 0 Å². The number of urea groups is 1. The molecule has 122 valence electrons. The van der Waals surface area contributed by atoms with Gasteiger partial charge in [0.1, 0.15) is 5.82 Å². The van der Waals surface area contributed by atoms with Crippen LogP contribution >= 0.6 is 12.4 Å². The van der Waals surface area contributed by atoms with Crippen molar-refractivity contribution in [3.63, 3.8) is 0 Å². The summed E-state index contributed by atoms with van der Waals surface area (Å²) in [7, 11) is 0. The fourth-order valence-corrected chi connectivity index (χ4v) is 2.33. The number of amides is 3. The minimum atomic E-state index is -0.305. The number of carbonyl (C=O) groups is 2. The first-order valence-electron chi connectivity index (χ1n) is 7.19. The monoisotopic (exact) mass is 327 g/mol. The molecule has 0 aliphatic heterocycles. The minimum absolute atomic E-state index is 0. The first-order chi connectivity index (χ1) is 10.1. The Hall–Kier alpha value is -2.02. The maximum atomic E-state index is 11.7. The van der Waals surface area contributed by atoms with E-state index in [2.05, 4.69) is 20.9 Å². The fraction of sp³-hybridized carbons (Fsp3) is 0.500. The standard InChI is InChI=1S/C14H21N5O2.ClH/c15-12-7-6-11(8-16-12)18-13(20)9-17-14(21)19-10-4-2-1-3-5-10;/h6-8,10H,1-5,9H2,(H2,15,16)(H,18,20)(H2,17,19,21);1H. The van der Waals surface area contributed by atoms with Crippen LogP contribution in [-0.2, 0) is 4.79 Å². The van der Waals surface area contributed by atoms with E-state index < -0.39 is 0 Å². The van der Waals surface area contributed by atoms with Crippen LogP contribution in [0.2, 0.25) is 0 Å². The molecule has 22 heavy (non-hydrogen) atoms. The van der Waals surface area contributed by atoms with E-state index in [0.717, 1.165) is 25.7 Å². The number of nitrogens with one attached hydrogen (secondary N) is 3. The van der Waals surface area contributed by atoms with Crippen molar-refractivity contribution in [1.82, 2.24) is 15.6 Å². The molecule has 1 fully saturated rings. The van der Waals surface area contributed by atoms with Crippen molar-refractivity contribution in [3.05, 3.63) is 18.3 Å². The van der Waals surface area contributed by atoms with Gasteiger partial charge in [-0.25, -0.2) is 9.78 Å². The van der Waals surface area contributed by atoms with E-state index in [1.165, 1.54) is 12.6 Å². The molecule has 0 bridgehead atoms. The molecule has 8 heteroatoms. The summed E-state index contributed by atoms with van der Waals surface area (Å²) in [6.07, 6.45) is 7.02. The minimum Gasteiger partial charge on any atom is -0.384 e. The van der Waals surface area contributed by atoms with Crippen molar-refractivity contribution < 1.29 is 9.59 Å². The number of nitrogens with two attached hydrogens (primary N) is 1. The molecular formula is C14H22ClN5O2. The summed E-state index contributed by atoms with van der Waals surface area (Å²) in [5.41, 5.74) is 6.00. The molecule has 1 aromatic rings. The van der Waals surface area contributed by atoms with Gasteiger partial charge in [-0.3, -0.25) is 4.79 Å². The summed E-state index contributed by atoms with van der Waals surface area (Å²) in [5, 5.41) is 8.07. The summed E-state index contributed by atoms with van der Waals surface area (Å²) in [4.78, 5) is 27.2. The number of hydrogen-bond acceptors (Lipinski definition) is 4. The highest BCUT2D eigenvalue weighted by Gasteiger charge is 2.15. The molecule has 0 spiro atoms. The van der Waals surface area contributed by atoms with E-state index in [-0.39, 0.29) is 36.9 Å². The Morgan fingerprint density at radius 2 is 1.95 bits per heavy atom. The number of anilines is 2. The highest BCUT2D eigenvalue weighted by atomic mass is 35.5. The van der Waals surface area contributed by atoms with Gasteiger partial charge in [0.15, 0.2) is 0 Å². The number of halogens is 1. The zero-order valence-electron chi connectivity index (χ0n) is 12.3. The highest BCUT2D eigenvalue weighted by molar-refractivity contribution is 5.94. The number of carbonyl (C=O) groups excluding carboxylic acids is 2. The van der Waals surface area contributed by atoms with Gasteiger partial charge < -0.3 is 21.7 Å². The van der Waals surface area contributed by atoms with E-state index in [4.69, 9.17) is 5.73 Å². The smallest absolute Gasteiger partial charge is 0.315 e. The molecule has 1 heterocycles. The van der Waals surface area contributed by atoms with E-state index in [1.54, 1.807) is 12.1 Å². The predicted octanol–water partition coefficient (Wildman–Crippen LogP) is 1.66. The Kier molecular flexibility index (Phi) is 7.45. The van der Waals surface area contributed by atoms with Gasteiger partial charge in [-0.1, -0.05) is 19.3 Å². The zero-order chi connectivity index (χ0) is 15.1. The van der Waals surface area contributed by atoms with Crippen molar-refractivity contribution in [2.45, 2.75) is 38.1 Å². The molecule has 2 rings (SSSR count). The van der Waals surface area contributed by atoms with Crippen LogP contribution in [0.4, 0.5) is 16.3 Å². The summed E-state index contributed by atoms with van der Waals surface area (Å²) >= 11 is 0. The summed E-state index contributed by atoms with van der Waals surface area (Å²) < 4.78 is 0. The first-order valence-corrected chi connectivity index (χ1v) is 7.19. The first kappa shape index (κ1) is 18.0. The predicted molar refractivity (Wildman–Crippen MR) is 87.9 cm³/mol. The van der Waals surface area contributed by atoms with Gasteiger partial charge in [0.05, 0.1) is 18.4 Å². The number of rotatable bonds is 4. The molecule has 1 aliphatic carbocycles. The lowest BCUT2D eigenvalue weighted by Gasteiger charge is -2.22. The van der Waals surface area contributed by atoms with Crippen LogP contribution in [0.3, 0.4) is 0 Å². The van der Waals surface area contributed by atoms with Crippen LogP contribution in [0.5, 0.6) is 0 Å². The fourth-order valence-electron chi connectivity index (χ4n) is 2.33. The molecule has 1 saturated carbocycles. The van der Waals surface area contributed by atoms with Crippen molar-refractivity contribution in [2.75, 3.05) is 17.6 Å². The Balaban J connectivity index is 0.00000242. The summed E-state index contributed by atoms with van der Waals surface area (Å²) in [5.74, 6) is 0.0818. The Morgan fingerprint density at radius 1 is 1.23 bits per heavy atom. The van der Waals surface area contributed by atoms with Gasteiger partial charge in [0.2, 0.25) is 5.91 Å². The number of pyridine rings is 1. The second-order valence-electron chi connectivity index (χ2n) is 5.18. The average molecular weight is 328 g/mol. The zero-order valence-corrected chi connectivity index (χ0v) is 13.1. The number of aromatic nitrogens is 1. The third-order valence-electron chi connectivity index (χ3n) is 3.42. The summed E-state index contributed by atoms with van der Waals surface area (Å²) in [6.45, 7) is -0.0804. The lowest BCUT2D eigenvalue weighted by atomic mass is 9.96. The normalized spacial score (nSPS) is 14.5. The highest BCUT2D eigenvalue weighted by Crippen LogP contribution is 2.17. The van der Waals surface area contributed by atoms with Crippen LogP contribution in [0, 0.1) is 0 Å². The SMILES string of the molecule is Cl.Nc1ccc(NC(=O)CNC(=O)NC2CCCCC2)cn1. The molecule has 1 aromatic heterocycles. The molecule has 0 radical (unpaired) electrons. The molecule has 5 N–H and O–H groups in total. The lowest BCUT2D eigenvalue weighted by Crippen LogP contribution is -2.45. The van der Waals surface area contributed by atoms with Crippen LogP contribution in [-0.4, -0.2) is 29.5 Å². The van der Waals surface area contributed by atoms with Crippen molar-refractivity contribution in [1.29, 1.82) is 0 Å². The molecule has 7 nitrogen and oxygen atoms in total. The van der Waals surface area contributed by atoms with Crippen LogP contribution < -0.4 is 21.7 Å². The molecular weight excluding hydrogens is 306 g/mol. The van der Waals surface area contributed by atoms with E-state index in [9.17, 15) is 9.59 Å². The Morgan fingerprint density at radius 3 is 2.59 bits per heavy atom. The summed E-state index contributed by atoms with van der Waals surface area (Å²) in [6, 6.07) is 3.18. The van der Waals surface area contributed by atoms with E-state index in [0.29, 0.717) is 11.5 Å². The van der Waals surface area contributed by atoms with Crippen molar-refractivity contribution in [3.8, 4) is 0 Å². The molecule has 0 aromatic carbocycles. The third-order valence-corrected chi connectivity index (χ3v) is 3.42. The Labute approximate surface area is 135 Å². The quantitative estimate of drug-likeness (QED) is 0.674. The van der Waals surface area contributed by atoms with Gasteiger partial charge in [0.25, 0.3) is 0 Å². The van der Waals surface area contributed by atoms with Crippen molar-refractivity contribution in [2.24, 2.45) is 0 Å². The maximum absolute atomic E-state index is 11.7. The molecule has 0 atom stereocenters. The number of hydrogen-bond donors (Lipinski definition) is 4. The molecule has 3 amide bonds. The Bertz CT molecular complexity index is 489. The molecule has 0 saturated heterocycles. The van der Waals surface area contributed by atoms with E-state index >= 15 is 0 Å². The van der Waals surface area contributed by atoms with Gasteiger partial charge >= 0.3 is 6.03 Å². The lowest BCUT2D eigenvalue weighted by molar-refractivity contribution is -0.115. The molecule has 1 aliphatic rings. The van der Waals surface area contributed by atoms with Gasteiger partial charge in [-0.05, 0) is 25.0 Å². The second kappa shape index (κ2) is 9.09. The van der Waals surface area contributed by atoms with Crippen LogP contribution in [0.15, 0.2) is 18.3 Å². The maximum Gasteiger partial charge on any atom is 0.315 e. The van der Waals surface area contributed by atoms with Gasteiger partial charge in [0, 0.05) is 6.04 Å². The third kappa shape index (κ3) is 6.17. The average Bonchev–Trinajstić information content (AvgIpc) is 2.49. The van der Waals surface area contributed by atoms with E-state index in [1.807, 2.05) is 0 Å². The molecule has 0 unspecified atom stereocenters. The van der Waals surface area contributed by atoms with Crippen LogP contribution in [0.25, 0.3) is 0 Å². The topological polar surface area (TPSA) is 109 Å². The van der Waals surface area contributed by atoms with Crippen LogP contribution in [0.1, 0.15) is 32.1 Å².